The van der Waals surface area contributed by atoms with Crippen LogP contribution in [0.4, 0.5) is 0 Å². The lowest BCUT2D eigenvalue weighted by molar-refractivity contribution is -0.121. The van der Waals surface area contributed by atoms with E-state index in [0.29, 0.717) is 41.0 Å². The molecule has 7 heteroatoms. The van der Waals surface area contributed by atoms with Crippen molar-refractivity contribution in [3.8, 4) is 0 Å². The summed E-state index contributed by atoms with van der Waals surface area (Å²) in [5.41, 5.74) is 0.550. The summed E-state index contributed by atoms with van der Waals surface area (Å²) < 4.78 is 6.78. The third kappa shape index (κ3) is 5.01. The third-order valence-corrected chi connectivity index (χ3v) is 7.12. The van der Waals surface area contributed by atoms with Crippen LogP contribution in [0.2, 0.25) is 0 Å². The number of fused-ring (bicyclic) bond motifs is 1. The molecule has 1 heterocycles. The Balaban J connectivity index is 1.80. The van der Waals surface area contributed by atoms with Crippen LogP contribution < -0.4 is 10.9 Å². The van der Waals surface area contributed by atoms with Crippen LogP contribution in [0.3, 0.4) is 0 Å². The number of amides is 1. The summed E-state index contributed by atoms with van der Waals surface area (Å²) in [5, 5.41) is 4.02. The summed E-state index contributed by atoms with van der Waals surface area (Å²) in [7, 11) is 1.61. The number of aromatic nitrogens is 2. The second-order valence-electron chi connectivity index (χ2n) is 8.00. The van der Waals surface area contributed by atoms with Crippen LogP contribution in [0.1, 0.15) is 40.0 Å². The molecule has 1 aliphatic rings. The highest BCUT2D eigenvalue weighted by atomic mass is 32.2. The molecule has 1 fully saturated rings. The first kappa shape index (κ1) is 21.8. The zero-order valence-corrected chi connectivity index (χ0v) is 18.5. The minimum Gasteiger partial charge on any atom is -0.383 e. The number of ether oxygens (including phenoxy) is 1. The first-order chi connectivity index (χ1) is 13.9. The van der Waals surface area contributed by atoms with Crippen molar-refractivity contribution in [3.63, 3.8) is 0 Å². The molecule has 158 valence electrons. The van der Waals surface area contributed by atoms with Crippen LogP contribution in [0.25, 0.3) is 10.9 Å². The zero-order chi connectivity index (χ0) is 21.0. The molecule has 1 aromatic carbocycles. The highest BCUT2D eigenvalue weighted by Crippen LogP contribution is 2.30. The highest BCUT2D eigenvalue weighted by molar-refractivity contribution is 8.00. The summed E-state index contributed by atoms with van der Waals surface area (Å²) in [6.45, 7) is 7.17. The Hall–Kier alpha value is -1.86. The van der Waals surface area contributed by atoms with Gasteiger partial charge in [-0.05, 0) is 37.3 Å². The topological polar surface area (TPSA) is 73.2 Å². The monoisotopic (exact) mass is 417 g/mol. The van der Waals surface area contributed by atoms with Crippen molar-refractivity contribution in [2.75, 3.05) is 13.7 Å². The molecular weight excluding hydrogens is 386 g/mol. The summed E-state index contributed by atoms with van der Waals surface area (Å²) in [5.74, 6) is 1.10. The van der Waals surface area contributed by atoms with Crippen molar-refractivity contribution >= 4 is 28.6 Å². The van der Waals surface area contributed by atoms with Gasteiger partial charge in [0.25, 0.3) is 5.56 Å². The molecule has 1 aliphatic carbocycles. The van der Waals surface area contributed by atoms with Crippen molar-refractivity contribution in [2.45, 2.75) is 63.0 Å². The first-order valence-electron chi connectivity index (χ1n) is 10.4. The smallest absolute Gasteiger partial charge is 0.262 e. The van der Waals surface area contributed by atoms with E-state index < -0.39 is 0 Å². The van der Waals surface area contributed by atoms with E-state index in [1.54, 1.807) is 17.7 Å². The minimum absolute atomic E-state index is 0.00153. The Morgan fingerprint density at radius 3 is 2.86 bits per heavy atom. The normalized spacial score (nSPS) is 23.1. The van der Waals surface area contributed by atoms with E-state index in [2.05, 4.69) is 24.1 Å². The van der Waals surface area contributed by atoms with Gasteiger partial charge < -0.3 is 10.1 Å². The molecule has 3 rings (SSSR count). The standard InChI is InChI=1S/C22H31N3O3S/c1-14-8-7-11-18(15(14)2)23-20(26)16(3)29-22-24-19-10-6-5-9-17(19)21(27)25(22)12-13-28-4/h5-6,9-10,14-16,18H,7-8,11-13H2,1-4H3,(H,23,26)/t14-,15+,16+,18+/m0/s1. The Kier molecular flexibility index (Phi) is 7.35. The van der Waals surface area contributed by atoms with Gasteiger partial charge in [-0.3, -0.25) is 14.2 Å². The maximum Gasteiger partial charge on any atom is 0.262 e. The van der Waals surface area contributed by atoms with E-state index in [4.69, 9.17) is 4.74 Å². The van der Waals surface area contributed by atoms with Crippen LogP contribution in [0.5, 0.6) is 0 Å². The number of para-hydroxylation sites is 1. The molecule has 0 bridgehead atoms. The van der Waals surface area contributed by atoms with Gasteiger partial charge in [0, 0.05) is 13.2 Å². The molecule has 1 saturated carbocycles. The lowest BCUT2D eigenvalue weighted by atomic mass is 9.78. The number of methoxy groups -OCH3 is 1. The summed E-state index contributed by atoms with van der Waals surface area (Å²) in [6.07, 6.45) is 3.41. The second-order valence-corrected chi connectivity index (χ2v) is 9.31. The van der Waals surface area contributed by atoms with Crippen LogP contribution in [-0.2, 0) is 16.1 Å². The molecule has 29 heavy (non-hydrogen) atoms. The molecule has 0 saturated heterocycles. The Labute approximate surface area is 176 Å². The van der Waals surface area contributed by atoms with E-state index in [1.165, 1.54) is 18.2 Å². The zero-order valence-electron chi connectivity index (χ0n) is 17.7. The Morgan fingerprint density at radius 1 is 1.34 bits per heavy atom. The van der Waals surface area contributed by atoms with Gasteiger partial charge in [0.1, 0.15) is 0 Å². The maximum atomic E-state index is 13.0. The number of nitrogens with one attached hydrogen (secondary N) is 1. The average molecular weight is 418 g/mol. The van der Waals surface area contributed by atoms with Crippen molar-refractivity contribution in [1.29, 1.82) is 0 Å². The second kappa shape index (κ2) is 9.76. The van der Waals surface area contributed by atoms with Crippen molar-refractivity contribution < 1.29 is 9.53 Å². The number of hydrogen-bond acceptors (Lipinski definition) is 5. The van der Waals surface area contributed by atoms with Gasteiger partial charge in [-0.15, -0.1) is 0 Å². The molecule has 4 atom stereocenters. The van der Waals surface area contributed by atoms with E-state index >= 15 is 0 Å². The van der Waals surface area contributed by atoms with Gasteiger partial charge in [-0.2, -0.15) is 0 Å². The van der Waals surface area contributed by atoms with Gasteiger partial charge in [-0.1, -0.05) is 50.6 Å². The largest absolute Gasteiger partial charge is 0.383 e. The SMILES string of the molecule is COCCn1c(S[C@H](C)C(=O)N[C@@H]2CCC[C@H](C)[C@H]2C)nc2ccccc2c1=O. The van der Waals surface area contributed by atoms with Crippen molar-refractivity contribution in [1.82, 2.24) is 14.9 Å². The molecule has 6 nitrogen and oxygen atoms in total. The molecular formula is C22H31N3O3S. The van der Waals surface area contributed by atoms with Crippen LogP contribution in [-0.4, -0.2) is 40.5 Å². The lowest BCUT2D eigenvalue weighted by Gasteiger charge is -2.35. The number of carbonyl (C=O) groups excluding carboxylic acids is 1. The number of nitrogens with zero attached hydrogens (tertiary/aromatic N) is 2. The molecule has 0 radical (unpaired) electrons. The fourth-order valence-electron chi connectivity index (χ4n) is 3.91. The maximum absolute atomic E-state index is 13.0. The van der Waals surface area contributed by atoms with Crippen LogP contribution in [0, 0.1) is 11.8 Å². The van der Waals surface area contributed by atoms with Crippen molar-refractivity contribution in [3.05, 3.63) is 34.6 Å². The van der Waals surface area contributed by atoms with Gasteiger partial charge in [0.05, 0.1) is 29.3 Å². The predicted molar refractivity (Wildman–Crippen MR) is 117 cm³/mol. The molecule has 2 aromatic rings. The molecule has 1 amide bonds. The van der Waals surface area contributed by atoms with Gasteiger partial charge in [0.2, 0.25) is 5.91 Å². The molecule has 0 aliphatic heterocycles. The van der Waals surface area contributed by atoms with E-state index in [1.807, 2.05) is 25.1 Å². The summed E-state index contributed by atoms with van der Waals surface area (Å²) in [6, 6.07) is 7.53. The molecule has 0 unspecified atom stereocenters. The molecule has 1 aromatic heterocycles. The van der Waals surface area contributed by atoms with E-state index in [9.17, 15) is 9.59 Å². The van der Waals surface area contributed by atoms with Gasteiger partial charge in [-0.25, -0.2) is 4.98 Å². The van der Waals surface area contributed by atoms with Crippen LogP contribution in [0.15, 0.2) is 34.2 Å². The van der Waals surface area contributed by atoms with Crippen LogP contribution >= 0.6 is 11.8 Å². The first-order valence-corrected chi connectivity index (χ1v) is 11.3. The Bertz CT molecular complexity index is 914. The predicted octanol–water partition coefficient (Wildman–Crippen LogP) is 3.46. The fraction of sp³-hybridized carbons (Fsp3) is 0.591. The number of thioether (sulfide) groups is 1. The van der Waals surface area contributed by atoms with E-state index in [0.717, 1.165) is 12.8 Å². The number of carbonyl (C=O) groups is 1. The Morgan fingerprint density at radius 2 is 2.10 bits per heavy atom. The van der Waals surface area contributed by atoms with E-state index in [-0.39, 0.29) is 22.8 Å². The fourth-order valence-corrected chi connectivity index (χ4v) is 4.86. The summed E-state index contributed by atoms with van der Waals surface area (Å²) in [4.78, 5) is 30.5. The number of hydrogen-bond donors (Lipinski definition) is 1. The quantitative estimate of drug-likeness (QED) is 0.552. The highest BCUT2D eigenvalue weighted by Gasteiger charge is 2.30. The van der Waals surface area contributed by atoms with Gasteiger partial charge >= 0.3 is 0 Å². The third-order valence-electron chi connectivity index (χ3n) is 6.03. The lowest BCUT2D eigenvalue weighted by Crippen LogP contribution is -2.46. The minimum atomic E-state index is -0.346. The average Bonchev–Trinajstić information content (AvgIpc) is 2.71. The number of benzene rings is 1. The summed E-state index contributed by atoms with van der Waals surface area (Å²) >= 11 is 1.33. The molecule has 0 spiro atoms. The number of rotatable bonds is 7. The van der Waals surface area contributed by atoms with Gasteiger partial charge in [0.15, 0.2) is 5.16 Å². The molecule has 1 N–H and O–H groups in total. The van der Waals surface area contributed by atoms with Crippen molar-refractivity contribution in [2.24, 2.45) is 11.8 Å².